The Morgan fingerprint density at radius 2 is 1.19 bits per heavy atom. The Labute approximate surface area is 121 Å². The summed E-state index contributed by atoms with van der Waals surface area (Å²) in [4.78, 5) is 0. The molecular formula is C12H22O9. The molecule has 0 aromatic heterocycles. The standard InChI is InChI=1S/C12H22O9/c1-3-2-20-12(10(19)4(3)13)21-11-8(17)6(15)5(14)7(16)9(11)18/h3-19H,2H2,1H3. The zero-order valence-electron chi connectivity index (χ0n) is 11.4. The number of aliphatic hydroxyl groups excluding tert-OH is 7. The van der Waals surface area contributed by atoms with Gasteiger partial charge in [-0.1, -0.05) is 6.92 Å². The van der Waals surface area contributed by atoms with Crippen molar-refractivity contribution in [2.24, 2.45) is 5.92 Å². The minimum Gasteiger partial charge on any atom is -0.390 e. The van der Waals surface area contributed by atoms with Gasteiger partial charge in [0.25, 0.3) is 0 Å². The Kier molecular flexibility index (Phi) is 5.19. The van der Waals surface area contributed by atoms with E-state index in [1.54, 1.807) is 6.92 Å². The highest BCUT2D eigenvalue weighted by atomic mass is 16.7. The van der Waals surface area contributed by atoms with E-state index in [2.05, 4.69) is 0 Å². The molecule has 9 heteroatoms. The van der Waals surface area contributed by atoms with Crippen LogP contribution in [0.15, 0.2) is 0 Å². The molecule has 9 nitrogen and oxygen atoms in total. The number of aliphatic hydroxyl groups is 7. The maximum atomic E-state index is 9.86. The highest BCUT2D eigenvalue weighted by molar-refractivity contribution is 5.00. The summed E-state index contributed by atoms with van der Waals surface area (Å²) in [6.45, 7) is 1.76. The number of ether oxygens (including phenoxy) is 2. The summed E-state index contributed by atoms with van der Waals surface area (Å²) >= 11 is 0. The van der Waals surface area contributed by atoms with Crippen molar-refractivity contribution in [3.05, 3.63) is 0 Å². The lowest BCUT2D eigenvalue weighted by atomic mass is 9.84. The molecule has 0 amide bonds. The van der Waals surface area contributed by atoms with E-state index >= 15 is 0 Å². The van der Waals surface area contributed by atoms with Gasteiger partial charge in [-0.3, -0.25) is 0 Å². The first kappa shape index (κ1) is 17.0. The normalized spacial score (nSPS) is 55.4. The van der Waals surface area contributed by atoms with Gasteiger partial charge in [0.05, 0.1) is 12.7 Å². The minimum absolute atomic E-state index is 0.0928. The van der Waals surface area contributed by atoms with Gasteiger partial charge in [-0.05, 0) is 0 Å². The van der Waals surface area contributed by atoms with E-state index in [1.165, 1.54) is 0 Å². The van der Waals surface area contributed by atoms with Crippen LogP contribution in [0.2, 0.25) is 0 Å². The molecule has 2 aliphatic rings. The van der Waals surface area contributed by atoms with E-state index in [0.717, 1.165) is 0 Å². The number of hydrogen-bond acceptors (Lipinski definition) is 9. The second kappa shape index (κ2) is 6.41. The van der Waals surface area contributed by atoms with Gasteiger partial charge in [0.2, 0.25) is 0 Å². The van der Waals surface area contributed by atoms with Crippen molar-refractivity contribution in [3.63, 3.8) is 0 Å². The third-order valence-electron chi connectivity index (χ3n) is 4.10. The van der Waals surface area contributed by atoms with Gasteiger partial charge in [-0.25, -0.2) is 0 Å². The van der Waals surface area contributed by atoms with Crippen LogP contribution in [0.25, 0.3) is 0 Å². The van der Waals surface area contributed by atoms with Crippen LogP contribution < -0.4 is 0 Å². The van der Waals surface area contributed by atoms with Crippen molar-refractivity contribution in [3.8, 4) is 0 Å². The third kappa shape index (κ3) is 3.07. The molecule has 2 fully saturated rings. The summed E-state index contributed by atoms with van der Waals surface area (Å²) in [6.07, 6.45) is -13.9. The predicted molar refractivity (Wildman–Crippen MR) is 65.8 cm³/mol. The Balaban J connectivity index is 2.07. The second-order valence-electron chi connectivity index (χ2n) is 5.71. The maximum Gasteiger partial charge on any atom is 0.186 e. The molecule has 1 heterocycles. The Bertz CT molecular complexity index is 338. The van der Waals surface area contributed by atoms with Crippen molar-refractivity contribution >= 4 is 0 Å². The van der Waals surface area contributed by atoms with Crippen LogP contribution in [0, 0.1) is 5.92 Å². The van der Waals surface area contributed by atoms with Gasteiger partial charge in [0, 0.05) is 5.92 Å². The van der Waals surface area contributed by atoms with Gasteiger partial charge in [-0.15, -0.1) is 0 Å². The van der Waals surface area contributed by atoms with Gasteiger partial charge in [0.1, 0.15) is 42.7 Å². The Hall–Kier alpha value is -0.360. The highest BCUT2D eigenvalue weighted by Crippen LogP contribution is 2.28. The molecule has 1 aliphatic heterocycles. The van der Waals surface area contributed by atoms with Gasteiger partial charge in [0.15, 0.2) is 6.29 Å². The molecule has 0 aromatic rings. The van der Waals surface area contributed by atoms with Gasteiger partial charge < -0.3 is 45.2 Å². The molecule has 1 saturated heterocycles. The molecule has 1 saturated carbocycles. The van der Waals surface area contributed by atoms with E-state index in [-0.39, 0.29) is 12.5 Å². The summed E-state index contributed by atoms with van der Waals surface area (Å²) < 4.78 is 10.4. The molecule has 0 radical (unpaired) electrons. The van der Waals surface area contributed by atoms with E-state index < -0.39 is 55.1 Å². The van der Waals surface area contributed by atoms with Crippen LogP contribution in [-0.4, -0.2) is 97.5 Å². The first-order valence-corrected chi connectivity index (χ1v) is 6.79. The molecule has 8 atom stereocenters. The molecule has 0 aromatic carbocycles. The Morgan fingerprint density at radius 1 is 0.714 bits per heavy atom. The van der Waals surface area contributed by atoms with Crippen molar-refractivity contribution in [2.45, 2.75) is 62.0 Å². The van der Waals surface area contributed by atoms with E-state index in [1.807, 2.05) is 0 Å². The fourth-order valence-electron chi connectivity index (χ4n) is 2.57. The second-order valence-corrected chi connectivity index (χ2v) is 5.71. The molecule has 2 rings (SSSR count). The highest BCUT2D eigenvalue weighted by Gasteiger charge is 2.51. The Morgan fingerprint density at radius 3 is 1.71 bits per heavy atom. The molecule has 1 aliphatic carbocycles. The van der Waals surface area contributed by atoms with E-state index in [0.29, 0.717) is 0 Å². The van der Waals surface area contributed by atoms with Crippen molar-refractivity contribution in [2.75, 3.05) is 6.61 Å². The average molecular weight is 310 g/mol. The monoisotopic (exact) mass is 310 g/mol. The zero-order valence-corrected chi connectivity index (χ0v) is 11.4. The lowest BCUT2D eigenvalue weighted by molar-refractivity contribution is -0.315. The van der Waals surface area contributed by atoms with Crippen LogP contribution in [0.5, 0.6) is 0 Å². The summed E-state index contributed by atoms with van der Waals surface area (Å²) in [6, 6.07) is 0. The molecular weight excluding hydrogens is 288 g/mol. The zero-order chi connectivity index (χ0) is 15.9. The quantitative estimate of drug-likeness (QED) is 0.269. The number of rotatable bonds is 2. The van der Waals surface area contributed by atoms with Crippen LogP contribution >= 0.6 is 0 Å². The largest absolute Gasteiger partial charge is 0.390 e. The minimum atomic E-state index is -1.72. The average Bonchev–Trinajstić information content (AvgIpc) is 2.47. The fraction of sp³-hybridized carbons (Fsp3) is 1.00. The lowest BCUT2D eigenvalue weighted by Gasteiger charge is -2.44. The topological polar surface area (TPSA) is 160 Å². The van der Waals surface area contributed by atoms with Crippen LogP contribution in [-0.2, 0) is 9.47 Å². The first-order valence-electron chi connectivity index (χ1n) is 6.79. The van der Waals surface area contributed by atoms with Crippen molar-refractivity contribution in [1.29, 1.82) is 0 Å². The summed E-state index contributed by atoms with van der Waals surface area (Å²) in [5, 5.41) is 67.9. The first-order chi connectivity index (χ1) is 9.75. The van der Waals surface area contributed by atoms with Gasteiger partial charge >= 0.3 is 0 Å². The molecule has 0 bridgehead atoms. The van der Waals surface area contributed by atoms with Crippen molar-refractivity contribution < 1.29 is 45.2 Å². The molecule has 0 spiro atoms. The molecule has 8 unspecified atom stereocenters. The maximum absolute atomic E-state index is 9.86. The lowest BCUT2D eigenvalue weighted by Crippen LogP contribution is -2.66. The smallest absolute Gasteiger partial charge is 0.186 e. The molecule has 21 heavy (non-hydrogen) atoms. The van der Waals surface area contributed by atoms with E-state index in [4.69, 9.17) is 9.47 Å². The SMILES string of the molecule is CC1COC(OC2C(O)C(O)C(O)C(O)C2O)C(O)C1O. The summed E-state index contributed by atoms with van der Waals surface area (Å²) in [5.41, 5.74) is 0. The van der Waals surface area contributed by atoms with E-state index in [9.17, 15) is 35.7 Å². The summed E-state index contributed by atoms with van der Waals surface area (Å²) in [7, 11) is 0. The third-order valence-corrected chi connectivity index (χ3v) is 4.10. The van der Waals surface area contributed by atoms with Crippen LogP contribution in [0.1, 0.15) is 6.92 Å². The molecule has 124 valence electrons. The predicted octanol–water partition coefficient (Wildman–Crippen LogP) is -4.10. The summed E-state index contributed by atoms with van der Waals surface area (Å²) in [5.74, 6) is -0.320. The van der Waals surface area contributed by atoms with Gasteiger partial charge in [-0.2, -0.15) is 0 Å². The number of hydrogen-bond donors (Lipinski definition) is 7. The molecule has 7 N–H and O–H groups in total. The van der Waals surface area contributed by atoms with Crippen molar-refractivity contribution in [1.82, 2.24) is 0 Å². The van der Waals surface area contributed by atoms with Crippen LogP contribution in [0.3, 0.4) is 0 Å². The van der Waals surface area contributed by atoms with Crippen LogP contribution in [0.4, 0.5) is 0 Å². The fourth-order valence-corrected chi connectivity index (χ4v) is 2.57.